The normalized spacial score (nSPS) is 19.6. The number of phenolic OH excluding ortho intramolecular Hbond substituents is 1. The van der Waals surface area contributed by atoms with E-state index >= 15 is 0 Å². The maximum Gasteiger partial charge on any atom is 0.257 e. The largest absolute Gasteiger partial charge is 0.508 e. The van der Waals surface area contributed by atoms with Crippen LogP contribution in [-0.2, 0) is 0 Å². The van der Waals surface area contributed by atoms with E-state index in [1.165, 1.54) is 12.1 Å². The van der Waals surface area contributed by atoms with E-state index in [0.717, 1.165) is 25.3 Å². The lowest BCUT2D eigenvalue weighted by atomic mass is 10.1. The van der Waals surface area contributed by atoms with Gasteiger partial charge in [-0.2, -0.15) is 0 Å². The van der Waals surface area contributed by atoms with Gasteiger partial charge in [-0.25, -0.2) is 4.39 Å². The van der Waals surface area contributed by atoms with E-state index in [0.29, 0.717) is 6.54 Å². The molecule has 1 aliphatic rings. The van der Waals surface area contributed by atoms with E-state index in [2.05, 4.69) is 0 Å². The fraction of sp³-hybridized carbons (Fsp3) is 0.462. The first-order chi connectivity index (χ1) is 8.13. The molecule has 1 fully saturated rings. The molecule has 1 aliphatic heterocycles. The zero-order valence-electron chi connectivity index (χ0n) is 9.82. The molecule has 0 aromatic heterocycles. The van der Waals surface area contributed by atoms with Crippen LogP contribution >= 0.6 is 0 Å². The molecule has 1 N–H and O–H groups in total. The molecule has 1 saturated heterocycles. The van der Waals surface area contributed by atoms with Crippen molar-refractivity contribution in [3.63, 3.8) is 0 Å². The SMILES string of the molecule is CCC1CCCN1C(=O)c1ccc(O)cc1F. The number of likely N-dealkylation sites (tertiary alicyclic amines) is 1. The summed E-state index contributed by atoms with van der Waals surface area (Å²) in [5, 5.41) is 9.12. The van der Waals surface area contributed by atoms with Crippen molar-refractivity contribution < 1.29 is 14.3 Å². The first-order valence-electron chi connectivity index (χ1n) is 5.93. The third-order valence-corrected chi connectivity index (χ3v) is 3.29. The summed E-state index contributed by atoms with van der Waals surface area (Å²) in [5.74, 6) is -1.09. The Kier molecular flexibility index (Phi) is 3.31. The molecule has 4 heteroatoms. The Bertz CT molecular complexity index is 433. The number of aromatic hydroxyl groups is 1. The molecule has 0 aliphatic carbocycles. The van der Waals surface area contributed by atoms with Gasteiger partial charge in [0.2, 0.25) is 0 Å². The summed E-state index contributed by atoms with van der Waals surface area (Å²) in [6.07, 6.45) is 2.86. The van der Waals surface area contributed by atoms with Gasteiger partial charge in [0, 0.05) is 18.7 Å². The number of carbonyl (C=O) groups excluding carboxylic acids is 1. The van der Waals surface area contributed by atoms with Gasteiger partial charge < -0.3 is 10.0 Å². The zero-order valence-corrected chi connectivity index (χ0v) is 9.82. The van der Waals surface area contributed by atoms with Gasteiger partial charge in [-0.1, -0.05) is 6.92 Å². The molecule has 1 heterocycles. The molecular formula is C13H16FNO2. The maximum absolute atomic E-state index is 13.6. The second-order valence-electron chi connectivity index (χ2n) is 4.37. The van der Waals surface area contributed by atoms with Gasteiger partial charge in [0.15, 0.2) is 0 Å². The van der Waals surface area contributed by atoms with Gasteiger partial charge in [-0.15, -0.1) is 0 Å². The second kappa shape index (κ2) is 4.73. The van der Waals surface area contributed by atoms with Crippen LogP contribution in [-0.4, -0.2) is 28.5 Å². The number of nitrogens with zero attached hydrogens (tertiary/aromatic N) is 1. The third-order valence-electron chi connectivity index (χ3n) is 3.29. The molecule has 0 radical (unpaired) electrons. The lowest BCUT2D eigenvalue weighted by molar-refractivity contribution is 0.0729. The lowest BCUT2D eigenvalue weighted by Crippen LogP contribution is -2.35. The fourth-order valence-electron chi connectivity index (χ4n) is 2.36. The maximum atomic E-state index is 13.6. The number of carbonyl (C=O) groups is 1. The number of hydrogen-bond acceptors (Lipinski definition) is 2. The minimum Gasteiger partial charge on any atom is -0.508 e. The molecule has 0 spiro atoms. The number of phenols is 1. The van der Waals surface area contributed by atoms with Crippen molar-refractivity contribution in [3.05, 3.63) is 29.6 Å². The van der Waals surface area contributed by atoms with Crippen molar-refractivity contribution in [2.24, 2.45) is 0 Å². The van der Waals surface area contributed by atoms with Crippen molar-refractivity contribution in [3.8, 4) is 5.75 Å². The van der Waals surface area contributed by atoms with Crippen LogP contribution in [0.4, 0.5) is 4.39 Å². The highest BCUT2D eigenvalue weighted by molar-refractivity contribution is 5.95. The standard InChI is InChI=1S/C13H16FNO2/c1-2-9-4-3-7-15(9)13(17)11-6-5-10(16)8-12(11)14/h5-6,8-9,16H,2-4,7H2,1H3. The highest BCUT2D eigenvalue weighted by atomic mass is 19.1. The van der Waals surface area contributed by atoms with Gasteiger partial charge in [-0.05, 0) is 31.4 Å². The summed E-state index contributed by atoms with van der Waals surface area (Å²) in [4.78, 5) is 13.9. The molecule has 1 unspecified atom stereocenters. The first-order valence-corrected chi connectivity index (χ1v) is 5.93. The van der Waals surface area contributed by atoms with Crippen molar-refractivity contribution in [2.75, 3.05) is 6.54 Å². The highest BCUT2D eigenvalue weighted by Gasteiger charge is 2.29. The van der Waals surface area contributed by atoms with E-state index in [1.807, 2.05) is 6.92 Å². The summed E-state index contributed by atoms with van der Waals surface area (Å²) in [6, 6.07) is 3.88. The predicted octanol–water partition coefficient (Wildman–Crippen LogP) is 2.55. The second-order valence-corrected chi connectivity index (χ2v) is 4.37. The van der Waals surface area contributed by atoms with Crippen molar-refractivity contribution in [2.45, 2.75) is 32.2 Å². The number of benzene rings is 1. The van der Waals surface area contributed by atoms with Gasteiger partial charge in [-0.3, -0.25) is 4.79 Å². The third kappa shape index (κ3) is 2.25. The molecule has 1 aromatic carbocycles. The summed E-state index contributed by atoms with van der Waals surface area (Å²) < 4.78 is 13.6. The average Bonchev–Trinajstić information content (AvgIpc) is 2.76. The Morgan fingerprint density at radius 3 is 3.00 bits per heavy atom. The van der Waals surface area contributed by atoms with E-state index in [4.69, 9.17) is 5.11 Å². The topological polar surface area (TPSA) is 40.5 Å². The average molecular weight is 237 g/mol. The fourth-order valence-corrected chi connectivity index (χ4v) is 2.36. The molecule has 92 valence electrons. The van der Waals surface area contributed by atoms with Gasteiger partial charge in [0.1, 0.15) is 11.6 Å². The minimum absolute atomic E-state index is 0.0446. The van der Waals surface area contributed by atoms with Crippen molar-refractivity contribution >= 4 is 5.91 Å². The smallest absolute Gasteiger partial charge is 0.257 e. The summed E-state index contributed by atoms with van der Waals surface area (Å²) in [7, 11) is 0. The van der Waals surface area contributed by atoms with Crippen molar-refractivity contribution in [1.82, 2.24) is 4.90 Å². The van der Waals surface area contributed by atoms with E-state index in [1.54, 1.807) is 4.90 Å². The quantitative estimate of drug-likeness (QED) is 0.858. The minimum atomic E-state index is -0.656. The molecule has 1 aromatic rings. The van der Waals surface area contributed by atoms with Crippen LogP contribution in [0.1, 0.15) is 36.5 Å². The van der Waals surface area contributed by atoms with Crippen LogP contribution < -0.4 is 0 Å². The summed E-state index contributed by atoms with van der Waals surface area (Å²) >= 11 is 0. The predicted molar refractivity (Wildman–Crippen MR) is 62.4 cm³/mol. The van der Waals surface area contributed by atoms with Crippen LogP contribution in [0.5, 0.6) is 5.75 Å². The number of rotatable bonds is 2. The van der Waals surface area contributed by atoms with E-state index in [9.17, 15) is 9.18 Å². The number of hydrogen-bond donors (Lipinski definition) is 1. The first kappa shape index (κ1) is 11.9. The summed E-state index contributed by atoms with van der Waals surface area (Å²) in [6.45, 7) is 2.72. The van der Waals surface area contributed by atoms with Crippen molar-refractivity contribution in [1.29, 1.82) is 0 Å². The Labute approximate surface area is 99.9 Å². The molecule has 0 saturated carbocycles. The molecule has 17 heavy (non-hydrogen) atoms. The summed E-state index contributed by atoms with van der Waals surface area (Å²) in [5.41, 5.74) is 0.0446. The number of halogens is 1. The van der Waals surface area contributed by atoms with Gasteiger partial charge in [0.05, 0.1) is 5.56 Å². The van der Waals surface area contributed by atoms with Crippen LogP contribution in [0.15, 0.2) is 18.2 Å². The number of amides is 1. The molecule has 1 atom stereocenters. The zero-order chi connectivity index (χ0) is 12.4. The monoisotopic (exact) mass is 237 g/mol. The molecule has 0 bridgehead atoms. The van der Waals surface area contributed by atoms with Crippen LogP contribution in [0, 0.1) is 5.82 Å². The van der Waals surface area contributed by atoms with Gasteiger partial charge >= 0.3 is 0 Å². The highest BCUT2D eigenvalue weighted by Crippen LogP contribution is 2.24. The van der Waals surface area contributed by atoms with E-state index in [-0.39, 0.29) is 23.3 Å². The van der Waals surface area contributed by atoms with Gasteiger partial charge in [0.25, 0.3) is 5.91 Å². The van der Waals surface area contributed by atoms with E-state index < -0.39 is 5.82 Å². The van der Waals surface area contributed by atoms with Crippen LogP contribution in [0.25, 0.3) is 0 Å². The molecular weight excluding hydrogens is 221 g/mol. The molecule has 2 rings (SSSR count). The molecule has 1 amide bonds. The Hall–Kier alpha value is -1.58. The Morgan fingerprint density at radius 2 is 2.35 bits per heavy atom. The van der Waals surface area contributed by atoms with Crippen LogP contribution in [0.2, 0.25) is 0 Å². The van der Waals surface area contributed by atoms with Crippen LogP contribution in [0.3, 0.4) is 0 Å². The Balaban J connectivity index is 2.24. The molecule has 3 nitrogen and oxygen atoms in total. The Morgan fingerprint density at radius 1 is 1.59 bits per heavy atom. The lowest BCUT2D eigenvalue weighted by Gasteiger charge is -2.23.